The van der Waals surface area contributed by atoms with Crippen LogP contribution in [0, 0.1) is 0 Å². The molecular formula is C20H25N5O2. The van der Waals surface area contributed by atoms with Crippen molar-refractivity contribution in [1.82, 2.24) is 20.0 Å². The van der Waals surface area contributed by atoms with Gasteiger partial charge in [-0.3, -0.25) is 14.4 Å². The summed E-state index contributed by atoms with van der Waals surface area (Å²) in [6, 6.07) is 12.3. The number of hydrogen-bond acceptors (Lipinski definition) is 5. The Hall–Kier alpha value is -2.67. The molecule has 7 nitrogen and oxygen atoms in total. The maximum Gasteiger partial charge on any atom is 0.220 e. The van der Waals surface area contributed by atoms with E-state index >= 15 is 0 Å². The Bertz CT molecular complexity index is 830. The fourth-order valence-corrected chi connectivity index (χ4v) is 3.55. The molecule has 27 heavy (non-hydrogen) atoms. The fraction of sp³-hybridized carbons (Fsp3) is 0.450. The molecule has 142 valence electrons. The van der Waals surface area contributed by atoms with Gasteiger partial charge in [-0.1, -0.05) is 42.4 Å². The van der Waals surface area contributed by atoms with Crippen molar-refractivity contribution < 1.29 is 9.63 Å². The van der Waals surface area contributed by atoms with Gasteiger partial charge in [0.05, 0.1) is 30.2 Å². The molecule has 2 aromatic rings. The average Bonchev–Trinajstić information content (AvgIpc) is 3.33. The quantitative estimate of drug-likeness (QED) is 0.847. The second kappa shape index (κ2) is 7.92. The first-order chi connectivity index (χ1) is 13.2. The number of amides is 1. The Morgan fingerprint density at radius 2 is 2.15 bits per heavy atom. The number of nitrogens with one attached hydrogen (secondary N) is 1. The SMILES string of the molecule is CCC(=O)NCc1cc2n(n1)CCN(C[C@H]1CC(c3ccccc3)=NO1)C2. The van der Waals surface area contributed by atoms with E-state index in [1.54, 1.807) is 0 Å². The predicted molar refractivity (Wildman–Crippen MR) is 102 cm³/mol. The monoisotopic (exact) mass is 367 g/mol. The van der Waals surface area contributed by atoms with Gasteiger partial charge in [0.15, 0.2) is 0 Å². The number of hydrogen-bond donors (Lipinski definition) is 1. The lowest BCUT2D eigenvalue weighted by atomic mass is 10.0. The van der Waals surface area contributed by atoms with Crippen molar-refractivity contribution in [1.29, 1.82) is 0 Å². The first kappa shape index (κ1) is 17.7. The molecule has 2 aliphatic rings. The zero-order valence-electron chi connectivity index (χ0n) is 15.6. The van der Waals surface area contributed by atoms with Crippen LogP contribution in [0.25, 0.3) is 0 Å². The summed E-state index contributed by atoms with van der Waals surface area (Å²) in [6.45, 7) is 5.84. The van der Waals surface area contributed by atoms with Gasteiger partial charge in [0.25, 0.3) is 0 Å². The zero-order valence-corrected chi connectivity index (χ0v) is 15.6. The third-order valence-corrected chi connectivity index (χ3v) is 5.02. The molecular weight excluding hydrogens is 342 g/mol. The molecule has 1 aromatic heterocycles. The van der Waals surface area contributed by atoms with Crippen LogP contribution in [0.1, 0.15) is 36.7 Å². The second-order valence-electron chi connectivity index (χ2n) is 7.05. The van der Waals surface area contributed by atoms with Gasteiger partial charge in [0.1, 0.15) is 6.10 Å². The summed E-state index contributed by atoms with van der Waals surface area (Å²) in [5.41, 5.74) is 4.26. The van der Waals surface area contributed by atoms with E-state index in [0.717, 1.165) is 49.6 Å². The van der Waals surface area contributed by atoms with Crippen molar-refractivity contribution in [3.05, 3.63) is 53.3 Å². The van der Waals surface area contributed by atoms with Crippen molar-refractivity contribution in [2.24, 2.45) is 5.16 Å². The standard InChI is InChI=1S/C20H25N5O2/c1-2-20(26)21-12-16-10-17-13-24(8-9-25(17)22-16)14-18-11-19(23-27-18)15-6-4-3-5-7-15/h3-7,10,18H,2,8-9,11-14H2,1H3,(H,21,26)/t18-/m1/s1. The molecule has 4 rings (SSSR count). The number of nitrogens with zero attached hydrogens (tertiary/aromatic N) is 4. The van der Waals surface area contributed by atoms with E-state index in [9.17, 15) is 4.79 Å². The van der Waals surface area contributed by atoms with Gasteiger partial charge >= 0.3 is 0 Å². The summed E-state index contributed by atoms with van der Waals surface area (Å²) in [7, 11) is 0. The van der Waals surface area contributed by atoms with Crippen LogP contribution in [-0.4, -0.2) is 45.5 Å². The molecule has 0 fully saturated rings. The van der Waals surface area contributed by atoms with E-state index in [-0.39, 0.29) is 12.0 Å². The van der Waals surface area contributed by atoms with Crippen molar-refractivity contribution in [3.8, 4) is 0 Å². The van der Waals surface area contributed by atoms with Crippen LogP contribution in [0.3, 0.4) is 0 Å². The summed E-state index contributed by atoms with van der Waals surface area (Å²) in [4.78, 5) is 19.5. The maximum absolute atomic E-state index is 11.4. The molecule has 0 spiro atoms. The smallest absolute Gasteiger partial charge is 0.220 e. The molecule has 0 aliphatic carbocycles. The van der Waals surface area contributed by atoms with Gasteiger partial charge in [-0.2, -0.15) is 5.10 Å². The molecule has 1 N–H and O–H groups in total. The Labute approximate surface area is 159 Å². The molecule has 0 radical (unpaired) electrons. The maximum atomic E-state index is 11.4. The highest BCUT2D eigenvalue weighted by atomic mass is 16.6. The van der Waals surface area contributed by atoms with Crippen LogP contribution in [-0.2, 0) is 29.3 Å². The van der Waals surface area contributed by atoms with Gasteiger partial charge < -0.3 is 10.2 Å². The lowest BCUT2D eigenvalue weighted by molar-refractivity contribution is -0.120. The molecule has 0 saturated carbocycles. The van der Waals surface area contributed by atoms with E-state index < -0.39 is 0 Å². The van der Waals surface area contributed by atoms with E-state index in [0.29, 0.717) is 13.0 Å². The average molecular weight is 367 g/mol. The number of carbonyl (C=O) groups is 1. The van der Waals surface area contributed by atoms with Crippen LogP contribution in [0.15, 0.2) is 41.6 Å². The number of oxime groups is 1. The van der Waals surface area contributed by atoms with Crippen LogP contribution in [0.2, 0.25) is 0 Å². The predicted octanol–water partition coefficient (Wildman–Crippen LogP) is 1.92. The molecule has 1 atom stereocenters. The van der Waals surface area contributed by atoms with E-state index in [1.165, 1.54) is 5.69 Å². The third kappa shape index (κ3) is 4.19. The van der Waals surface area contributed by atoms with Crippen LogP contribution >= 0.6 is 0 Å². The summed E-state index contributed by atoms with van der Waals surface area (Å²) >= 11 is 0. The number of benzene rings is 1. The van der Waals surface area contributed by atoms with E-state index in [1.807, 2.05) is 29.8 Å². The molecule has 7 heteroatoms. The molecule has 0 saturated heterocycles. The summed E-state index contributed by atoms with van der Waals surface area (Å²) in [5.74, 6) is 0.0511. The Kier molecular flexibility index (Phi) is 5.20. The normalized spacial score (nSPS) is 19.3. The highest BCUT2D eigenvalue weighted by Gasteiger charge is 2.27. The largest absolute Gasteiger partial charge is 0.390 e. The minimum Gasteiger partial charge on any atom is -0.390 e. The minimum atomic E-state index is 0.0511. The van der Waals surface area contributed by atoms with E-state index in [4.69, 9.17) is 4.84 Å². The number of aromatic nitrogens is 2. The molecule has 1 aromatic carbocycles. The fourth-order valence-electron chi connectivity index (χ4n) is 3.55. The Morgan fingerprint density at radius 3 is 2.96 bits per heavy atom. The summed E-state index contributed by atoms with van der Waals surface area (Å²) in [5, 5.41) is 11.8. The van der Waals surface area contributed by atoms with Gasteiger partial charge in [-0.15, -0.1) is 0 Å². The number of rotatable bonds is 6. The van der Waals surface area contributed by atoms with Gasteiger partial charge in [0, 0.05) is 32.5 Å². The van der Waals surface area contributed by atoms with Gasteiger partial charge in [-0.25, -0.2) is 0 Å². The van der Waals surface area contributed by atoms with Crippen molar-refractivity contribution in [3.63, 3.8) is 0 Å². The summed E-state index contributed by atoms with van der Waals surface area (Å²) in [6.07, 6.45) is 1.43. The summed E-state index contributed by atoms with van der Waals surface area (Å²) < 4.78 is 2.05. The molecule has 0 bridgehead atoms. The second-order valence-corrected chi connectivity index (χ2v) is 7.05. The van der Waals surface area contributed by atoms with E-state index in [2.05, 4.69) is 38.7 Å². The number of carbonyl (C=O) groups excluding carboxylic acids is 1. The molecule has 1 amide bonds. The lowest BCUT2D eigenvalue weighted by Gasteiger charge is -2.28. The van der Waals surface area contributed by atoms with Crippen molar-refractivity contribution in [2.75, 3.05) is 13.1 Å². The van der Waals surface area contributed by atoms with Crippen molar-refractivity contribution in [2.45, 2.75) is 45.5 Å². The highest BCUT2D eigenvalue weighted by Crippen LogP contribution is 2.20. The first-order valence-electron chi connectivity index (χ1n) is 9.54. The van der Waals surface area contributed by atoms with Gasteiger partial charge in [0.2, 0.25) is 5.91 Å². The highest BCUT2D eigenvalue weighted by molar-refractivity contribution is 6.01. The van der Waals surface area contributed by atoms with Crippen LogP contribution < -0.4 is 5.32 Å². The van der Waals surface area contributed by atoms with Crippen LogP contribution in [0.4, 0.5) is 0 Å². The van der Waals surface area contributed by atoms with Crippen molar-refractivity contribution >= 4 is 11.6 Å². The molecule has 0 unspecified atom stereocenters. The number of fused-ring (bicyclic) bond motifs is 1. The minimum absolute atomic E-state index is 0.0511. The Morgan fingerprint density at radius 1 is 1.30 bits per heavy atom. The van der Waals surface area contributed by atoms with Gasteiger partial charge in [-0.05, 0) is 11.6 Å². The van der Waals surface area contributed by atoms with Crippen LogP contribution in [0.5, 0.6) is 0 Å². The first-order valence-corrected chi connectivity index (χ1v) is 9.54. The molecule has 2 aliphatic heterocycles. The lowest BCUT2D eigenvalue weighted by Crippen LogP contribution is -2.38. The Balaban J connectivity index is 1.30. The third-order valence-electron chi connectivity index (χ3n) is 5.02. The zero-order chi connectivity index (χ0) is 18.6. The topological polar surface area (TPSA) is 71.8 Å². The molecule has 3 heterocycles.